The van der Waals surface area contributed by atoms with Crippen LogP contribution in [0.4, 0.5) is 0 Å². The number of piperidine rings is 1. The largest absolute Gasteiger partial charge is 0.352 e. The van der Waals surface area contributed by atoms with Gasteiger partial charge in [0.15, 0.2) is 0 Å². The van der Waals surface area contributed by atoms with Gasteiger partial charge in [-0.05, 0) is 43.5 Å². The molecule has 1 atom stereocenters. The highest BCUT2D eigenvalue weighted by molar-refractivity contribution is 7.89. The summed E-state index contributed by atoms with van der Waals surface area (Å²) in [5, 5.41) is 6.10. The summed E-state index contributed by atoms with van der Waals surface area (Å²) < 4.78 is 26.7. The number of nitrogens with zero attached hydrogens (tertiary/aromatic N) is 1. The van der Waals surface area contributed by atoms with Gasteiger partial charge in [-0.15, -0.1) is 12.4 Å². The van der Waals surface area contributed by atoms with Gasteiger partial charge < -0.3 is 10.6 Å². The van der Waals surface area contributed by atoms with Gasteiger partial charge in [-0.2, -0.15) is 4.31 Å². The second-order valence-corrected chi connectivity index (χ2v) is 8.45. The number of sulfonamides is 1. The van der Waals surface area contributed by atoms with Gasteiger partial charge in [0.05, 0.1) is 10.8 Å². The molecule has 25 heavy (non-hydrogen) atoms. The van der Waals surface area contributed by atoms with Crippen molar-refractivity contribution >= 4 is 28.3 Å². The van der Waals surface area contributed by atoms with Gasteiger partial charge >= 0.3 is 0 Å². The smallest absolute Gasteiger partial charge is 0.243 e. The summed E-state index contributed by atoms with van der Waals surface area (Å²) in [6, 6.07) is 6.85. The maximum absolute atomic E-state index is 12.6. The fourth-order valence-electron chi connectivity index (χ4n) is 3.25. The second-order valence-electron chi connectivity index (χ2n) is 6.52. The van der Waals surface area contributed by atoms with E-state index in [4.69, 9.17) is 0 Å². The Hall–Kier alpha value is -1.15. The first-order valence-electron chi connectivity index (χ1n) is 8.65. The van der Waals surface area contributed by atoms with E-state index in [0.29, 0.717) is 24.5 Å². The highest BCUT2D eigenvalue weighted by Gasteiger charge is 2.26. The average molecular weight is 388 g/mol. The lowest BCUT2D eigenvalue weighted by atomic mass is 10.1. The standard InChI is InChI=1S/C17H25N3O3S.ClH/c21-17(15-8-9-18-13-15)19-12-14-4-6-16(7-5-14)24(22,23)20-10-2-1-3-11-20;/h4-7,15,18H,1-3,8-13H2,(H,19,21);1H. The van der Waals surface area contributed by atoms with Crippen molar-refractivity contribution in [2.45, 2.75) is 37.1 Å². The summed E-state index contributed by atoms with van der Waals surface area (Å²) in [6.07, 6.45) is 3.83. The van der Waals surface area contributed by atoms with Gasteiger partial charge in [0, 0.05) is 26.2 Å². The van der Waals surface area contributed by atoms with Crippen LogP contribution in [0, 0.1) is 5.92 Å². The van der Waals surface area contributed by atoms with E-state index in [2.05, 4.69) is 10.6 Å². The van der Waals surface area contributed by atoms with Crippen LogP contribution < -0.4 is 10.6 Å². The topological polar surface area (TPSA) is 78.5 Å². The van der Waals surface area contributed by atoms with Crippen molar-refractivity contribution in [1.29, 1.82) is 0 Å². The molecule has 1 unspecified atom stereocenters. The zero-order valence-electron chi connectivity index (χ0n) is 14.2. The van der Waals surface area contributed by atoms with Gasteiger partial charge in [0.1, 0.15) is 0 Å². The molecule has 0 saturated carbocycles. The number of rotatable bonds is 5. The number of carbonyl (C=O) groups excluding carboxylic acids is 1. The van der Waals surface area contributed by atoms with E-state index in [1.807, 2.05) is 0 Å². The molecular weight excluding hydrogens is 362 g/mol. The Balaban J connectivity index is 0.00000225. The quantitative estimate of drug-likeness (QED) is 0.802. The second kappa shape index (κ2) is 8.98. The number of carbonyl (C=O) groups is 1. The Morgan fingerprint density at radius 3 is 2.44 bits per heavy atom. The maximum Gasteiger partial charge on any atom is 0.243 e. The number of halogens is 1. The Labute approximate surface area is 155 Å². The highest BCUT2D eigenvalue weighted by Crippen LogP contribution is 2.20. The zero-order chi connectivity index (χ0) is 17.0. The van der Waals surface area contributed by atoms with Crippen LogP contribution in [0.5, 0.6) is 0 Å². The highest BCUT2D eigenvalue weighted by atomic mass is 35.5. The molecule has 1 amide bonds. The summed E-state index contributed by atoms with van der Waals surface area (Å²) in [5.74, 6) is 0.105. The number of nitrogens with one attached hydrogen (secondary N) is 2. The van der Waals surface area contributed by atoms with Gasteiger partial charge in [-0.1, -0.05) is 18.6 Å². The van der Waals surface area contributed by atoms with Crippen molar-refractivity contribution in [3.05, 3.63) is 29.8 Å². The molecule has 2 fully saturated rings. The lowest BCUT2D eigenvalue weighted by Gasteiger charge is -2.25. The van der Waals surface area contributed by atoms with Crippen LogP contribution in [0.3, 0.4) is 0 Å². The SMILES string of the molecule is Cl.O=C(NCc1ccc(S(=O)(=O)N2CCCCC2)cc1)C1CCNC1. The van der Waals surface area contributed by atoms with E-state index in [9.17, 15) is 13.2 Å². The number of amides is 1. The summed E-state index contributed by atoms with van der Waals surface area (Å²) >= 11 is 0. The zero-order valence-corrected chi connectivity index (χ0v) is 15.9. The lowest BCUT2D eigenvalue weighted by Crippen LogP contribution is -2.35. The first-order valence-corrected chi connectivity index (χ1v) is 10.1. The first-order chi connectivity index (χ1) is 11.6. The normalized spacial score (nSPS) is 21.5. The van der Waals surface area contributed by atoms with Crippen LogP contribution >= 0.6 is 12.4 Å². The molecule has 0 spiro atoms. The van der Waals surface area contributed by atoms with Crippen molar-refractivity contribution in [3.8, 4) is 0 Å². The Morgan fingerprint density at radius 1 is 1.16 bits per heavy atom. The lowest BCUT2D eigenvalue weighted by molar-refractivity contribution is -0.124. The minimum absolute atomic E-state index is 0. The molecule has 0 radical (unpaired) electrons. The Bertz CT molecular complexity index is 667. The van der Waals surface area contributed by atoms with Crippen molar-refractivity contribution in [3.63, 3.8) is 0 Å². The third-order valence-electron chi connectivity index (χ3n) is 4.77. The summed E-state index contributed by atoms with van der Waals surface area (Å²) in [4.78, 5) is 12.3. The maximum atomic E-state index is 12.6. The first kappa shape index (κ1) is 20.2. The van der Waals surface area contributed by atoms with E-state index in [0.717, 1.165) is 44.3 Å². The molecule has 2 N–H and O–H groups in total. The molecule has 1 aromatic carbocycles. The fraction of sp³-hybridized carbons (Fsp3) is 0.588. The fourth-order valence-corrected chi connectivity index (χ4v) is 4.76. The number of hydrogen-bond donors (Lipinski definition) is 2. The van der Waals surface area contributed by atoms with E-state index in [1.54, 1.807) is 28.6 Å². The van der Waals surface area contributed by atoms with Gasteiger partial charge in [0.2, 0.25) is 15.9 Å². The minimum Gasteiger partial charge on any atom is -0.352 e. The van der Waals surface area contributed by atoms with Gasteiger partial charge in [0.25, 0.3) is 0 Å². The molecule has 8 heteroatoms. The number of hydrogen-bond acceptors (Lipinski definition) is 4. The van der Waals surface area contributed by atoms with Crippen LogP contribution in [0.15, 0.2) is 29.2 Å². The van der Waals surface area contributed by atoms with Gasteiger partial charge in [-0.25, -0.2) is 8.42 Å². The summed E-state index contributed by atoms with van der Waals surface area (Å²) in [6.45, 7) is 3.27. The predicted octanol–water partition coefficient (Wildman–Crippen LogP) is 1.51. The van der Waals surface area contributed by atoms with Crippen molar-refractivity contribution in [1.82, 2.24) is 14.9 Å². The molecule has 2 heterocycles. The minimum atomic E-state index is -3.39. The summed E-state index contributed by atoms with van der Waals surface area (Å²) in [7, 11) is -3.39. The van der Waals surface area contributed by atoms with E-state index in [1.165, 1.54) is 0 Å². The van der Waals surface area contributed by atoms with Crippen LogP contribution in [0.1, 0.15) is 31.2 Å². The predicted molar refractivity (Wildman–Crippen MR) is 99.1 cm³/mol. The molecular formula is C17H26ClN3O3S. The molecule has 2 aliphatic heterocycles. The molecule has 0 bridgehead atoms. The molecule has 140 valence electrons. The number of benzene rings is 1. The molecule has 2 saturated heterocycles. The van der Waals surface area contributed by atoms with Crippen molar-refractivity contribution in [2.75, 3.05) is 26.2 Å². The van der Waals surface area contributed by atoms with Crippen LogP contribution in [-0.2, 0) is 21.4 Å². The molecule has 1 aromatic rings. The van der Waals surface area contributed by atoms with Crippen LogP contribution in [0.2, 0.25) is 0 Å². The third kappa shape index (κ3) is 4.94. The molecule has 6 nitrogen and oxygen atoms in total. The Kier molecular flexibility index (Phi) is 7.25. The van der Waals surface area contributed by atoms with Crippen LogP contribution in [-0.4, -0.2) is 44.8 Å². The molecule has 2 aliphatic rings. The third-order valence-corrected chi connectivity index (χ3v) is 6.69. The monoisotopic (exact) mass is 387 g/mol. The summed E-state index contributed by atoms with van der Waals surface area (Å²) in [5.41, 5.74) is 0.909. The molecule has 0 aliphatic carbocycles. The van der Waals surface area contributed by atoms with E-state index >= 15 is 0 Å². The van der Waals surface area contributed by atoms with Crippen LogP contribution in [0.25, 0.3) is 0 Å². The average Bonchev–Trinajstić information content (AvgIpc) is 3.15. The molecule has 3 rings (SSSR count). The van der Waals surface area contributed by atoms with Crippen molar-refractivity contribution < 1.29 is 13.2 Å². The van der Waals surface area contributed by atoms with Gasteiger partial charge in [-0.3, -0.25) is 4.79 Å². The molecule has 0 aromatic heterocycles. The van der Waals surface area contributed by atoms with E-state index in [-0.39, 0.29) is 24.2 Å². The van der Waals surface area contributed by atoms with Crippen molar-refractivity contribution in [2.24, 2.45) is 5.92 Å². The van der Waals surface area contributed by atoms with E-state index < -0.39 is 10.0 Å². The Morgan fingerprint density at radius 2 is 1.84 bits per heavy atom.